The molecule has 0 aliphatic heterocycles. The first kappa shape index (κ1) is 13.2. The van der Waals surface area contributed by atoms with Gasteiger partial charge in [-0.1, -0.05) is 25.7 Å². The average Bonchev–Trinajstić information content (AvgIpc) is 2.64. The van der Waals surface area contributed by atoms with E-state index in [0.29, 0.717) is 6.04 Å². The molecule has 2 unspecified atom stereocenters. The van der Waals surface area contributed by atoms with E-state index in [0.717, 1.165) is 24.6 Å². The third-order valence-corrected chi connectivity index (χ3v) is 4.13. The maximum absolute atomic E-state index is 10.9. The van der Waals surface area contributed by atoms with E-state index in [4.69, 9.17) is 0 Å². The van der Waals surface area contributed by atoms with Crippen molar-refractivity contribution in [2.75, 3.05) is 18.6 Å². The zero-order valence-electron chi connectivity index (χ0n) is 10.1. The molecule has 0 bridgehead atoms. The van der Waals surface area contributed by atoms with E-state index in [1.165, 1.54) is 32.1 Å². The maximum atomic E-state index is 10.9. The standard InChI is InChI=1S/C12H25NOS/c1-11(10-12-6-3-4-7-12)13-8-5-9-15(2)14/h11-13H,3-10H2,1-2H3. The Morgan fingerprint density at radius 3 is 2.67 bits per heavy atom. The molecule has 0 aromatic rings. The molecule has 2 nitrogen and oxygen atoms in total. The van der Waals surface area contributed by atoms with Crippen LogP contribution in [0, 0.1) is 5.92 Å². The Kier molecular flexibility index (Phi) is 6.50. The van der Waals surface area contributed by atoms with Crippen molar-refractivity contribution in [3.63, 3.8) is 0 Å². The Morgan fingerprint density at radius 2 is 2.07 bits per heavy atom. The van der Waals surface area contributed by atoms with E-state index >= 15 is 0 Å². The van der Waals surface area contributed by atoms with Crippen molar-refractivity contribution in [3.05, 3.63) is 0 Å². The minimum absolute atomic E-state index is 0.624. The number of hydrogen-bond donors (Lipinski definition) is 1. The van der Waals surface area contributed by atoms with Crippen LogP contribution in [0.5, 0.6) is 0 Å². The highest BCUT2D eigenvalue weighted by molar-refractivity contribution is 7.84. The molecule has 1 N–H and O–H groups in total. The Balaban J connectivity index is 1.97. The van der Waals surface area contributed by atoms with Crippen molar-refractivity contribution in [3.8, 4) is 0 Å². The van der Waals surface area contributed by atoms with E-state index in [1.54, 1.807) is 6.26 Å². The molecule has 0 heterocycles. The number of rotatable bonds is 7. The fourth-order valence-corrected chi connectivity index (χ4v) is 3.00. The van der Waals surface area contributed by atoms with Crippen molar-refractivity contribution in [1.82, 2.24) is 5.32 Å². The molecule has 0 amide bonds. The van der Waals surface area contributed by atoms with Gasteiger partial charge < -0.3 is 5.32 Å². The lowest BCUT2D eigenvalue weighted by Gasteiger charge is -2.17. The van der Waals surface area contributed by atoms with Gasteiger partial charge in [-0.15, -0.1) is 0 Å². The molecule has 1 fully saturated rings. The summed E-state index contributed by atoms with van der Waals surface area (Å²) in [6.45, 7) is 3.30. The molecule has 1 aliphatic rings. The van der Waals surface area contributed by atoms with Crippen molar-refractivity contribution < 1.29 is 4.21 Å². The Morgan fingerprint density at radius 1 is 1.40 bits per heavy atom. The van der Waals surface area contributed by atoms with Gasteiger partial charge >= 0.3 is 0 Å². The fraction of sp³-hybridized carbons (Fsp3) is 1.00. The van der Waals surface area contributed by atoms with Gasteiger partial charge in [-0.05, 0) is 32.2 Å². The van der Waals surface area contributed by atoms with Crippen LogP contribution in [0.1, 0.15) is 45.4 Å². The Bertz CT molecular complexity index is 190. The summed E-state index contributed by atoms with van der Waals surface area (Å²) >= 11 is 0. The quantitative estimate of drug-likeness (QED) is 0.681. The van der Waals surface area contributed by atoms with Crippen LogP contribution in [0.4, 0.5) is 0 Å². The summed E-state index contributed by atoms with van der Waals surface area (Å²) in [5.41, 5.74) is 0. The highest BCUT2D eigenvalue weighted by Crippen LogP contribution is 2.28. The fourth-order valence-electron chi connectivity index (χ4n) is 2.45. The largest absolute Gasteiger partial charge is 0.314 e. The lowest BCUT2D eigenvalue weighted by Crippen LogP contribution is -2.29. The first-order chi connectivity index (χ1) is 7.18. The maximum Gasteiger partial charge on any atom is 0.0244 e. The van der Waals surface area contributed by atoms with Gasteiger partial charge in [0.2, 0.25) is 0 Å². The Labute approximate surface area is 96.7 Å². The third kappa shape index (κ3) is 6.31. The van der Waals surface area contributed by atoms with Crippen LogP contribution in [-0.2, 0) is 10.8 Å². The van der Waals surface area contributed by atoms with Crippen LogP contribution in [0.3, 0.4) is 0 Å². The molecule has 0 aromatic carbocycles. The van der Waals surface area contributed by atoms with Crippen LogP contribution in [0.25, 0.3) is 0 Å². The van der Waals surface area contributed by atoms with Gasteiger partial charge in [0.05, 0.1) is 0 Å². The van der Waals surface area contributed by atoms with Crippen molar-refractivity contribution in [1.29, 1.82) is 0 Å². The monoisotopic (exact) mass is 231 g/mol. The van der Waals surface area contributed by atoms with Crippen LogP contribution in [0.15, 0.2) is 0 Å². The molecule has 0 spiro atoms. The summed E-state index contributed by atoms with van der Waals surface area (Å²) in [4.78, 5) is 0. The lowest BCUT2D eigenvalue weighted by molar-refractivity contribution is 0.406. The van der Waals surface area contributed by atoms with E-state index in [2.05, 4.69) is 12.2 Å². The summed E-state index contributed by atoms with van der Waals surface area (Å²) < 4.78 is 10.9. The summed E-state index contributed by atoms with van der Waals surface area (Å²) in [6, 6.07) is 0.637. The van der Waals surface area contributed by atoms with Crippen LogP contribution in [0.2, 0.25) is 0 Å². The molecule has 0 radical (unpaired) electrons. The molecule has 0 aromatic heterocycles. The average molecular weight is 231 g/mol. The second kappa shape index (κ2) is 7.39. The highest BCUT2D eigenvalue weighted by atomic mass is 32.2. The van der Waals surface area contributed by atoms with E-state index in [9.17, 15) is 4.21 Å². The molecule has 15 heavy (non-hydrogen) atoms. The zero-order chi connectivity index (χ0) is 11.1. The van der Waals surface area contributed by atoms with Gasteiger partial charge in [0, 0.05) is 28.9 Å². The van der Waals surface area contributed by atoms with E-state index < -0.39 is 10.8 Å². The normalized spacial score (nSPS) is 21.7. The smallest absolute Gasteiger partial charge is 0.0244 e. The summed E-state index contributed by atoms with van der Waals surface area (Å²) in [6.07, 6.45) is 9.89. The zero-order valence-corrected chi connectivity index (χ0v) is 10.9. The third-order valence-electron chi connectivity index (χ3n) is 3.26. The molecule has 3 heteroatoms. The van der Waals surface area contributed by atoms with Crippen molar-refractivity contribution in [2.24, 2.45) is 5.92 Å². The van der Waals surface area contributed by atoms with Gasteiger partial charge in [0.15, 0.2) is 0 Å². The SMILES string of the molecule is CC(CC1CCCC1)NCCCS(C)=O. The van der Waals surface area contributed by atoms with Gasteiger partial charge in [0.1, 0.15) is 0 Å². The minimum Gasteiger partial charge on any atom is -0.314 e. The first-order valence-corrected chi connectivity index (χ1v) is 7.94. The van der Waals surface area contributed by atoms with Gasteiger partial charge in [0.25, 0.3) is 0 Å². The molecule has 2 atom stereocenters. The number of hydrogen-bond acceptors (Lipinski definition) is 2. The molecular formula is C12H25NOS. The molecule has 1 saturated carbocycles. The summed E-state index contributed by atoms with van der Waals surface area (Å²) in [7, 11) is -0.624. The van der Waals surface area contributed by atoms with Crippen LogP contribution in [-0.4, -0.2) is 28.8 Å². The van der Waals surface area contributed by atoms with Crippen molar-refractivity contribution >= 4 is 10.8 Å². The van der Waals surface area contributed by atoms with Crippen LogP contribution >= 0.6 is 0 Å². The van der Waals surface area contributed by atoms with E-state index in [1.807, 2.05) is 0 Å². The van der Waals surface area contributed by atoms with Gasteiger partial charge in [-0.2, -0.15) is 0 Å². The Hall–Kier alpha value is 0.110. The molecular weight excluding hydrogens is 206 g/mol. The molecule has 0 saturated heterocycles. The molecule has 1 rings (SSSR count). The van der Waals surface area contributed by atoms with Gasteiger partial charge in [-0.3, -0.25) is 4.21 Å². The topological polar surface area (TPSA) is 29.1 Å². The summed E-state index contributed by atoms with van der Waals surface area (Å²) in [5.74, 6) is 1.80. The van der Waals surface area contributed by atoms with Gasteiger partial charge in [-0.25, -0.2) is 0 Å². The first-order valence-electron chi connectivity index (χ1n) is 6.22. The lowest BCUT2D eigenvalue weighted by atomic mass is 9.99. The number of nitrogens with one attached hydrogen (secondary N) is 1. The molecule has 90 valence electrons. The predicted molar refractivity (Wildman–Crippen MR) is 67.6 cm³/mol. The second-order valence-electron chi connectivity index (χ2n) is 4.87. The predicted octanol–water partition coefficient (Wildman–Crippen LogP) is 2.31. The molecule has 1 aliphatic carbocycles. The second-order valence-corrected chi connectivity index (χ2v) is 6.43. The van der Waals surface area contributed by atoms with Crippen molar-refractivity contribution in [2.45, 2.75) is 51.5 Å². The highest BCUT2D eigenvalue weighted by Gasteiger charge is 2.17. The minimum atomic E-state index is -0.624. The van der Waals surface area contributed by atoms with Crippen LogP contribution < -0.4 is 5.32 Å². The van der Waals surface area contributed by atoms with E-state index in [-0.39, 0.29) is 0 Å². The summed E-state index contributed by atoms with van der Waals surface area (Å²) in [5, 5.41) is 3.53.